The second-order valence-electron chi connectivity index (χ2n) is 6.01. The molecule has 7 nitrogen and oxygen atoms in total. The Bertz CT molecular complexity index is 639. The maximum Gasteiger partial charge on any atom is 0.243 e. The summed E-state index contributed by atoms with van der Waals surface area (Å²) in [5.74, 6) is 1.36. The summed E-state index contributed by atoms with van der Waals surface area (Å²) < 4.78 is 0. The lowest BCUT2D eigenvalue weighted by Gasteiger charge is -2.20. The molecule has 0 radical (unpaired) electrons. The van der Waals surface area contributed by atoms with Gasteiger partial charge >= 0.3 is 0 Å². The van der Waals surface area contributed by atoms with Crippen LogP contribution in [0.1, 0.15) is 6.42 Å². The van der Waals surface area contributed by atoms with Crippen molar-refractivity contribution in [3.8, 4) is 0 Å². The maximum absolute atomic E-state index is 11.7. The smallest absolute Gasteiger partial charge is 0.243 e. The highest BCUT2D eigenvalue weighted by Crippen LogP contribution is 2.25. The van der Waals surface area contributed by atoms with Gasteiger partial charge in [-0.25, -0.2) is 9.98 Å². The van der Waals surface area contributed by atoms with Crippen molar-refractivity contribution < 1.29 is 4.79 Å². The van der Waals surface area contributed by atoms with Crippen LogP contribution < -0.4 is 15.5 Å². The van der Waals surface area contributed by atoms with Gasteiger partial charge in [0.25, 0.3) is 0 Å². The van der Waals surface area contributed by atoms with E-state index in [2.05, 4.69) is 32.1 Å². The SMILES string of the molecule is C=CCNC(=NCC(=O)N(C)C)NC1CCN(c2ncccc2Cl)C1.I. The first-order chi connectivity index (χ1) is 12.0. The van der Waals surface area contributed by atoms with Gasteiger partial charge in [0.2, 0.25) is 5.91 Å². The summed E-state index contributed by atoms with van der Waals surface area (Å²) in [7, 11) is 3.43. The number of carbonyl (C=O) groups is 1. The first kappa shape index (κ1) is 22.5. The van der Waals surface area contributed by atoms with E-state index in [9.17, 15) is 4.79 Å². The minimum absolute atomic E-state index is 0. The summed E-state index contributed by atoms with van der Waals surface area (Å²) in [5.41, 5.74) is 0. The van der Waals surface area contributed by atoms with Crippen molar-refractivity contribution in [3.63, 3.8) is 0 Å². The van der Waals surface area contributed by atoms with Gasteiger partial charge in [0.15, 0.2) is 5.96 Å². The number of guanidine groups is 1. The van der Waals surface area contributed by atoms with E-state index >= 15 is 0 Å². The van der Waals surface area contributed by atoms with Crippen molar-refractivity contribution in [2.45, 2.75) is 12.5 Å². The number of amides is 1. The van der Waals surface area contributed by atoms with E-state index in [1.165, 1.54) is 4.90 Å². The number of halogens is 2. The quantitative estimate of drug-likeness (QED) is 0.274. The zero-order valence-electron chi connectivity index (χ0n) is 15.1. The molecule has 0 aliphatic carbocycles. The highest BCUT2D eigenvalue weighted by atomic mass is 127. The van der Waals surface area contributed by atoms with E-state index in [-0.39, 0.29) is 42.5 Å². The van der Waals surface area contributed by atoms with Crippen LogP contribution in [0.3, 0.4) is 0 Å². The van der Waals surface area contributed by atoms with Crippen LogP contribution in [0.15, 0.2) is 36.0 Å². The molecule has 0 spiro atoms. The molecule has 1 amide bonds. The van der Waals surface area contributed by atoms with Gasteiger partial charge in [0.1, 0.15) is 12.4 Å². The Labute approximate surface area is 176 Å². The largest absolute Gasteiger partial charge is 0.353 e. The number of aliphatic imine (C=N–C) groups is 1. The molecule has 144 valence electrons. The molecular formula is C17H26ClIN6O. The average Bonchev–Trinajstić information content (AvgIpc) is 3.05. The lowest BCUT2D eigenvalue weighted by atomic mass is 10.3. The summed E-state index contributed by atoms with van der Waals surface area (Å²) in [4.78, 5) is 24.1. The number of hydrogen-bond donors (Lipinski definition) is 2. The van der Waals surface area contributed by atoms with Crippen molar-refractivity contribution >= 4 is 53.3 Å². The molecule has 1 fully saturated rings. The molecule has 1 aliphatic rings. The molecule has 9 heteroatoms. The fourth-order valence-electron chi connectivity index (χ4n) is 2.48. The standard InChI is InChI=1S/C17H25ClN6O.HI/c1-4-8-20-17(21-11-15(25)23(2)3)22-13-7-10-24(12-13)16-14(18)6-5-9-19-16;/h4-6,9,13H,1,7-8,10-12H2,2-3H3,(H2,20,21,22);1H. The second kappa shape index (κ2) is 11.2. The molecule has 0 saturated carbocycles. The van der Waals surface area contributed by atoms with Crippen LogP contribution in [0, 0.1) is 0 Å². The maximum atomic E-state index is 11.7. The van der Waals surface area contributed by atoms with Crippen LogP contribution >= 0.6 is 35.6 Å². The molecule has 1 saturated heterocycles. The predicted molar refractivity (Wildman–Crippen MR) is 118 cm³/mol. The van der Waals surface area contributed by atoms with E-state index in [4.69, 9.17) is 11.6 Å². The summed E-state index contributed by atoms with van der Waals surface area (Å²) in [6.45, 7) is 6.00. The molecular weight excluding hydrogens is 467 g/mol. The van der Waals surface area contributed by atoms with Crippen LogP contribution in [0.2, 0.25) is 5.02 Å². The van der Waals surface area contributed by atoms with Crippen molar-refractivity contribution in [3.05, 3.63) is 36.0 Å². The lowest BCUT2D eigenvalue weighted by Crippen LogP contribution is -2.45. The van der Waals surface area contributed by atoms with E-state index in [1.807, 2.05) is 12.1 Å². The van der Waals surface area contributed by atoms with Gasteiger partial charge in [-0.1, -0.05) is 17.7 Å². The Morgan fingerprint density at radius 2 is 2.35 bits per heavy atom. The predicted octanol–water partition coefficient (Wildman–Crippen LogP) is 1.74. The Balaban J connectivity index is 0.00000338. The van der Waals surface area contributed by atoms with Gasteiger partial charge in [0, 0.05) is 46.0 Å². The first-order valence-corrected chi connectivity index (χ1v) is 8.60. The third-order valence-corrected chi connectivity index (χ3v) is 4.15. The Morgan fingerprint density at radius 3 is 3.00 bits per heavy atom. The lowest BCUT2D eigenvalue weighted by molar-refractivity contribution is -0.127. The zero-order chi connectivity index (χ0) is 18.2. The second-order valence-corrected chi connectivity index (χ2v) is 6.41. The third kappa shape index (κ3) is 6.64. The van der Waals surface area contributed by atoms with Gasteiger partial charge in [0.05, 0.1) is 5.02 Å². The monoisotopic (exact) mass is 492 g/mol. The number of hydrogen-bond acceptors (Lipinski definition) is 4. The van der Waals surface area contributed by atoms with Crippen LogP contribution in [0.4, 0.5) is 5.82 Å². The van der Waals surface area contributed by atoms with Gasteiger partial charge in [-0.15, -0.1) is 30.6 Å². The summed E-state index contributed by atoms with van der Waals surface area (Å²) >= 11 is 6.23. The van der Waals surface area contributed by atoms with E-state index in [1.54, 1.807) is 26.4 Å². The van der Waals surface area contributed by atoms with E-state index in [0.717, 1.165) is 25.3 Å². The Hall–Kier alpha value is -1.55. The molecule has 0 aromatic carbocycles. The fourth-order valence-corrected chi connectivity index (χ4v) is 2.72. The third-order valence-electron chi connectivity index (χ3n) is 3.85. The summed E-state index contributed by atoms with van der Waals surface area (Å²) in [5, 5.41) is 7.17. The van der Waals surface area contributed by atoms with Gasteiger partial charge in [-0.05, 0) is 18.6 Å². The van der Waals surface area contributed by atoms with E-state index in [0.29, 0.717) is 17.5 Å². The minimum atomic E-state index is -0.0481. The molecule has 1 unspecified atom stereocenters. The van der Waals surface area contributed by atoms with E-state index < -0.39 is 0 Å². The highest BCUT2D eigenvalue weighted by Gasteiger charge is 2.25. The molecule has 1 aromatic rings. The fraction of sp³-hybridized carbons (Fsp3) is 0.471. The molecule has 2 heterocycles. The summed E-state index contributed by atoms with van der Waals surface area (Å²) in [6, 6.07) is 3.86. The molecule has 0 bridgehead atoms. The molecule has 26 heavy (non-hydrogen) atoms. The Morgan fingerprint density at radius 1 is 1.58 bits per heavy atom. The molecule has 2 rings (SSSR count). The van der Waals surface area contributed by atoms with Gasteiger partial charge in [-0.3, -0.25) is 4.79 Å². The highest BCUT2D eigenvalue weighted by molar-refractivity contribution is 14.0. The minimum Gasteiger partial charge on any atom is -0.353 e. The van der Waals surface area contributed by atoms with Crippen molar-refractivity contribution in [1.82, 2.24) is 20.5 Å². The number of aromatic nitrogens is 1. The number of anilines is 1. The molecule has 1 aromatic heterocycles. The summed E-state index contributed by atoms with van der Waals surface area (Å²) in [6.07, 6.45) is 4.43. The van der Waals surface area contributed by atoms with Crippen molar-refractivity contribution in [1.29, 1.82) is 0 Å². The van der Waals surface area contributed by atoms with Crippen molar-refractivity contribution in [2.24, 2.45) is 4.99 Å². The first-order valence-electron chi connectivity index (χ1n) is 8.22. The molecule has 1 aliphatic heterocycles. The number of likely N-dealkylation sites (N-methyl/N-ethyl adjacent to an activating group) is 1. The molecule has 1 atom stereocenters. The topological polar surface area (TPSA) is 72.9 Å². The van der Waals surface area contributed by atoms with Gasteiger partial charge in [-0.2, -0.15) is 0 Å². The zero-order valence-corrected chi connectivity index (χ0v) is 18.2. The van der Waals surface area contributed by atoms with Crippen LogP contribution in [-0.4, -0.2) is 68.1 Å². The van der Waals surface area contributed by atoms with Crippen molar-refractivity contribution in [2.75, 3.05) is 45.2 Å². The van der Waals surface area contributed by atoms with Crippen LogP contribution in [0.5, 0.6) is 0 Å². The number of nitrogens with one attached hydrogen (secondary N) is 2. The number of carbonyl (C=O) groups excluding carboxylic acids is 1. The van der Waals surface area contributed by atoms with Crippen LogP contribution in [0.25, 0.3) is 0 Å². The Kier molecular flexibility index (Phi) is 9.71. The number of pyridine rings is 1. The number of rotatable bonds is 6. The van der Waals surface area contributed by atoms with Gasteiger partial charge < -0.3 is 20.4 Å². The normalized spacial score (nSPS) is 16.7. The average molecular weight is 493 g/mol. The van der Waals surface area contributed by atoms with Crippen LogP contribution in [-0.2, 0) is 4.79 Å². The molecule has 2 N–H and O–H groups in total. The number of nitrogens with zero attached hydrogens (tertiary/aromatic N) is 4.